The van der Waals surface area contributed by atoms with Crippen LogP contribution in [0, 0.1) is 0 Å². The van der Waals surface area contributed by atoms with Gasteiger partial charge in [-0.2, -0.15) is 0 Å². The van der Waals surface area contributed by atoms with Crippen LogP contribution in [0.15, 0.2) is 48.5 Å². The molecule has 10 N–H and O–H groups in total. The van der Waals surface area contributed by atoms with Gasteiger partial charge >= 0.3 is 11.9 Å². The van der Waals surface area contributed by atoms with E-state index >= 15 is 0 Å². The summed E-state index contributed by atoms with van der Waals surface area (Å²) in [5.74, 6) is -5.46. The number of carboxylic acids is 2. The lowest BCUT2D eigenvalue weighted by molar-refractivity contribution is -0.143. The van der Waals surface area contributed by atoms with Crippen molar-refractivity contribution in [3.8, 4) is 11.5 Å². The van der Waals surface area contributed by atoms with Crippen molar-refractivity contribution in [1.82, 2.24) is 16.0 Å². The van der Waals surface area contributed by atoms with Gasteiger partial charge in [-0.25, -0.2) is 4.79 Å². The minimum absolute atomic E-state index is 0.0201. The van der Waals surface area contributed by atoms with Gasteiger partial charge in [0, 0.05) is 12.8 Å². The van der Waals surface area contributed by atoms with E-state index in [1.165, 1.54) is 36.4 Å². The maximum absolute atomic E-state index is 13.2. The minimum atomic E-state index is -1.66. The number of aromatic hydroxyl groups is 2. The second-order valence-corrected chi connectivity index (χ2v) is 8.98. The zero-order valence-corrected chi connectivity index (χ0v) is 21.3. The van der Waals surface area contributed by atoms with Crippen molar-refractivity contribution < 1.29 is 49.5 Å². The molecule has 0 aliphatic carbocycles. The van der Waals surface area contributed by atoms with Crippen molar-refractivity contribution in [2.75, 3.05) is 6.61 Å². The molecule has 0 spiro atoms. The SMILES string of the molecule is NC(Cc1ccc(O)cc1)C(=O)NC(CCC(=O)O)C(=O)NC(Cc1ccc(O)cc1)C(=O)NC(CO)C(=O)O. The molecule has 0 saturated carbocycles. The van der Waals surface area contributed by atoms with Gasteiger partial charge < -0.3 is 47.2 Å². The van der Waals surface area contributed by atoms with Gasteiger partial charge in [-0.15, -0.1) is 0 Å². The zero-order chi connectivity index (χ0) is 29.8. The average Bonchev–Trinajstić information content (AvgIpc) is 2.90. The van der Waals surface area contributed by atoms with Crippen LogP contribution in [0.2, 0.25) is 0 Å². The maximum Gasteiger partial charge on any atom is 0.328 e. The first-order valence-corrected chi connectivity index (χ1v) is 12.2. The molecule has 0 bridgehead atoms. The van der Waals surface area contributed by atoms with Crippen LogP contribution in [0.3, 0.4) is 0 Å². The van der Waals surface area contributed by atoms with Crippen LogP contribution >= 0.6 is 0 Å². The first kappa shape index (κ1) is 31.5. The highest BCUT2D eigenvalue weighted by atomic mass is 16.4. The number of phenolic OH excluding ortho intramolecular Hbond substituents is 2. The van der Waals surface area contributed by atoms with E-state index in [9.17, 15) is 39.3 Å². The highest BCUT2D eigenvalue weighted by Crippen LogP contribution is 2.13. The Morgan fingerprint density at radius 3 is 1.60 bits per heavy atom. The third kappa shape index (κ3) is 10.2. The summed E-state index contributed by atoms with van der Waals surface area (Å²) in [7, 11) is 0. The number of aliphatic hydroxyl groups excluding tert-OH is 1. The van der Waals surface area contributed by atoms with Crippen LogP contribution in [-0.4, -0.2) is 86.0 Å². The largest absolute Gasteiger partial charge is 0.508 e. The standard InChI is InChI=1S/C26H32N4O10/c27-18(11-14-1-5-16(32)6-2-14)23(36)28-19(9-10-22(34)35)24(37)29-20(12-15-3-7-17(33)8-4-15)25(38)30-21(13-31)26(39)40/h1-8,18-21,31-33H,9-13,27H2,(H,28,36)(H,29,37)(H,30,38)(H,34,35)(H,39,40). The number of hydrogen-bond donors (Lipinski definition) is 9. The third-order valence-electron chi connectivity index (χ3n) is 5.81. The van der Waals surface area contributed by atoms with Crippen molar-refractivity contribution in [3.63, 3.8) is 0 Å². The molecule has 0 radical (unpaired) electrons. The first-order valence-electron chi connectivity index (χ1n) is 12.2. The summed E-state index contributed by atoms with van der Waals surface area (Å²) in [4.78, 5) is 61.3. The van der Waals surface area contributed by atoms with E-state index in [0.717, 1.165) is 0 Å². The van der Waals surface area contributed by atoms with Gasteiger partial charge in [-0.3, -0.25) is 19.2 Å². The molecule has 3 amide bonds. The summed E-state index contributed by atoms with van der Waals surface area (Å²) in [6.45, 7) is -0.919. The van der Waals surface area contributed by atoms with E-state index in [1.807, 2.05) is 0 Å². The summed E-state index contributed by atoms with van der Waals surface area (Å²) in [6.07, 6.45) is -0.981. The number of phenols is 2. The van der Waals surface area contributed by atoms with Gasteiger partial charge in [0.05, 0.1) is 12.6 Å². The summed E-state index contributed by atoms with van der Waals surface area (Å²) in [5.41, 5.74) is 7.06. The van der Waals surface area contributed by atoms with E-state index < -0.39 is 66.9 Å². The molecule has 2 rings (SSSR count). The topological polar surface area (TPSA) is 249 Å². The molecule has 0 heterocycles. The van der Waals surface area contributed by atoms with Crippen molar-refractivity contribution in [2.24, 2.45) is 5.73 Å². The molecule has 14 heteroatoms. The summed E-state index contributed by atoms with van der Waals surface area (Å²) in [6, 6.07) is 5.93. The molecule has 2 aromatic rings. The lowest BCUT2D eigenvalue weighted by Crippen LogP contribution is -2.58. The lowest BCUT2D eigenvalue weighted by atomic mass is 10.0. The number of nitrogens with two attached hydrogens (primary N) is 1. The van der Waals surface area contributed by atoms with Gasteiger partial charge in [0.25, 0.3) is 0 Å². The normalized spacial score (nSPS) is 13.8. The van der Waals surface area contributed by atoms with Gasteiger partial charge in [0.1, 0.15) is 29.6 Å². The summed E-state index contributed by atoms with van der Waals surface area (Å²) >= 11 is 0. The van der Waals surface area contributed by atoms with Crippen molar-refractivity contribution in [2.45, 2.75) is 49.9 Å². The number of carbonyl (C=O) groups excluding carboxylic acids is 3. The van der Waals surface area contributed by atoms with E-state index in [-0.39, 0.29) is 30.8 Å². The Morgan fingerprint density at radius 2 is 1.12 bits per heavy atom. The number of aliphatic carboxylic acids is 2. The second kappa shape index (κ2) is 15.0. The molecule has 216 valence electrons. The fourth-order valence-electron chi connectivity index (χ4n) is 3.60. The number of hydrogen-bond acceptors (Lipinski definition) is 9. The smallest absolute Gasteiger partial charge is 0.328 e. The van der Waals surface area contributed by atoms with Crippen molar-refractivity contribution in [3.05, 3.63) is 59.7 Å². The van der Waals surface area contributed by atoms with Crippen LogP contribution in [-0.2, 0) is 36.8 Å². The first-order chi connectivity index (χ1) is 18.9. The van der Waals surface area contributed by atoms with Crippen LogP contribution < -0.4 is 21.7 Å². The highest BCUT2D eigenvalue weighted by molar-refractivity contribution is 5.94. The van der Waals surface area contributed by atoms with E-state index in [4.69, 9.17) is 15.9 Å². The predicted octanol–water partition coefficient (Wildman–Crippen LogP) is -1.39. The molecule has 0 aliphatic heterocycles. The van der Waals surface area contributed by atoms with Gasteiger partial charge in [-0.05, 0) is 48.2 Å². The molecule has 0 saturated heterocycles. The molecule has 4 unspecified atom stereocenters. The fraction of sp³-hybridized carbons (Fsp3) is 0.346. The minimum Gasteiger partial charge on any atom is -0.508 e. The monoisotopic (exact) mass is 560 g/mol. The van der Waals surface area contributed by atoms with Gasteiger partial charge in [-0.1, -0.05) is 24.3 Å². The molecule has 0 aliphatic rings. The molecule has 0 aromatic heterocycles. The summed E-state index contributed by atoms with van der Waals surface area (Å²) in [5, 5.41) is 53.4. The number of benzene rings is 2. The summed E-state index contributed by atoms with van der Waals surface area (Å²) < 4.78 is 0. The predicted molar refractivity (Wildman–Crippen MR) is 139 cm³/mol. The van der Waals surface area contributed by atoms with E-state index in [2.05, 4.69) is 16.0 Å². The quantitative estimate of drug-likeness (QED) is 0.123. The Bertz CT molecular complexity index is 1190. The number of nitrogens with one attached hydrogen (secondary N) is 3. The van der Waals surface area contributed by atoms with E-state index in [0.29, 0.717) is 11.1 Å². The number of rotatable bonds is 15. The molecular formula is C26H32N4O10. The Morgan fingerprint density at radius 1 is 0.675 bits per heavy atom. The van der Waals surface area contributed by atoms with Crippen LogP contribution in [0.5, 0.6) is 11.5 Å². The maximum atomic E-state index is 13.2. The Balaban J connectivity index is 2.22. The average molecular weight is 561 g/mol. The number of aliphatic hydroxyl groups is 1. The Kier molecular flexibility index (Phi) is 11.9. The second-order valence-electron chi connectivity index (χ2n) is 8.98. The molecular weight excluding hydrogens is 528 g/mol. The zero-order valence-electron chi connectivity index (χ0n) is 21.3. The van der Waals surface area contributed by atoms with Crippen molar-refractivity contribution in [1.29, 1.82) is 0 Å². The highest BCUT2D eigenvalue weighted by Gasteiger charge is 2.30. The molecule has 14 nitrogen and oxygen atoms in total. The number of amides is 3. The van der Waals surface area contributed by atoms with Crippen LogP contribution in [0.1, 0.15) is 24.0 Å². The van der Waals surface area contributed by atoms with Crippen molar-refractivity contribution >= 4 is 29.7 Å². The fourth-order valence-corrected chi connectivity index (χ4v) is 3.60. The molecule has 2 aromatic carbocycles. The Labute approximate surface area is 228 Å². The lowest BCUT2D eigenvalue weighted by Gasteiger charge is -2.25. The van der Waals surface area contributed by atoms with Gasteiger partial charge in [0.15, 0.2) is 0 Å². The van der Waals surface area contributed by atoms with Crippen LogP contribution in [0.4, 0.5) is 0 Å². The van der Waals surface area contributed by atoms with E-state index in [1.54, 1.807) is 12.1 Å². The molecule has 40 heavy (non-hydrogen) atoms. The number of carbonyl (C=O) groups is 5. The molecule has 0 fully saturated rings. The third-order valence-corrected chi connectivity index (χ3v) is 5.81. The number of carboxylic acid groups (broad SMARTS) is 2. The molecule has 4 atom stereocenters. The van der Waals surface area contributed by atoms with Crippen LogP contribution in [0.25, 0.3) is 0 Å². The van der Waals surface area contributed by atoms with Gasteiger partial charge in [0.2, 0.25) is 17.7 Å². The Hall–Kier alpha value is -4.69.